The van der Waals surface area contributed by atoms with Crippen molar-refractivity contribution in [3.8, 4) is 11.5 Å². The first kappa shape index (κ1) is 38.6. The maximum atomic E-state index is 12.5. The molecular weight excluding hydrogens is 752 g/mol. The number of rotatable bonds is 13. The molecule has 0 aliphatic carbocycles. The number of ether oxygens (including phenoxy) is 1. The number of anilines is 1. The standard InChI is InChI=1S/C27H33N9O15P2/c1-10-3-12-13(4-11(10)2)35(24-18(32-12)25(42)34-27(43)33-24)5-14(37)19(39)15(38)6-48-52(44,45)51-53(46,47)49-7-16-20(40)21(41)26(50-16)36-9-31-17-22(28)29-8-30-23(17)36/h3-4,8-9,14-16,19-21,26,37-41H,5-7H2,1-2H3,(H,44,45)(H,46,47)(H2,28,29,30)(H,34,42,43)/t14-,15+,16+,19-,20-,21-,26-/m0/s1. The molecule has 10 N–H and O–H groups in total. The number of H-pyrrole nitrogens is 1. The van der Waals surface area contributed by atoms with Crippen molar-refractivity contribution in [1.29, 1.82) is 0 Å². The molecule has 0 radical (unpaired) electrons. The third kappa shape index (κ3) is 7.91. The number of phosphoric ester groups is 2. The zero-order valence-corrected chi connectivity index (χ0v) is 29.3. The molecule has 2 aromatic heterocycles. The van der Waals surface area contributed by atoms with Gasteiger partial charge in [-0.1, -0.05) is 0 Å². The number of fused-ring (bicyclic) bond motifs is 3. The molecule has 5 heterocycles. The predicted octanol–water partition coefficient (Wildman–Crippen LogP) is -2.42. The summed E-state index contributed by atoms with van der Waals surface area (Å²) >= 11 is 0. The fourth-order valence-electron chi connectivity index (χ4n) is 5.55. The Bertz CT molecular complexity index is 2350. The number of nitrogen functional groups attached to an aromatic ring is 1. The maximum Gasteiger partial charge on any atom is 0.481 e. The minimum atomic E-state index is -5.54. The van der Waals surface area contributed by atoms with Crippen LogP contribution in [0.25, 0.3) is 33.7 Å². The molecular formula is C27H33N9O15P2. The molecule has 53 heavy (non-hydrogen) atoms. The largest absolute Gasteiger partial charge is 0.481 e. The summed E-state index contributed by atoms with van der Waals surface area (Å²) in [6.45, 7) is 0.795. The van der Waals surface area contributed by atoms with Gasteiger partial charge >= 0.3 is 21.3 Å². The number of imidazole rings is 1. The smallest absolute Gasteiger partial charge is 0.388 e. The van der Waals surface area contributed by atoms with Gasteiger partial charge in [0.05, 0.1) is 37.1 Å². The van der Waals surface area contributed by atoms with Crippen LogP contribution in [0.5, 0.6) is 0 Å². The van der Waals surface area contributed by atoms with Crippen LogP contribution in [0.15, 0.2) is 34.4 Å². The highest BCUT2D eigenvalue weighted by Gasteiger charge is 2.46. The number of phosphoric acid groups is 2. The van der Waals surface area contributed by atoms with Gasteiger partial charge < -0.3 is 50.4 Å². The zero-order chi connectivity index (χ0) is 38.6. The van der Waals surface area contributed by atoms with Crippen LogP contribution in [0.2, 0.25) is 0 Å². The summed E-state index contributed by atoms with van der Waals surface area (Å²) in [7, 11) is -11.0. The molecule has 1 aromatic carbocycles. The van der Waals surface area contributed by atoms with Gasteiger partial charge in [0, 0.05) is 0 Å². The van der Waals surface area contributed by atoms with E-state index in [2.05, 4.69) is 33.8 Å². The number of hydrogen-bond acceptors (Lipinski definition) is 19. The second-order valence-electron chi connectivity index (χ2n) is 12.1. The molecule has 6 rings (SSSR count). The van der Waals surface area contributed by atoms with Gasteiger partial charge in [0.1, 0.15) is 48.5 Å². The lowest BCUT2D eigenvalue weighted by Gasteiger charge is -2.26. The van der Waals surface area contributed by atoms with Crippen LogP contribution in [0.4, 0.5) is 5.82 Å². The molecule has 26 heteroatoms. The highest BCUT2D eigenvalue weighted by Crippen LogP contribution is 2.60. The molecule has 2 unspecified atom stereocenters. The Hall–Kier alpha value is -4.13. The van der Waals surface area contributed by atoms with Gasteiger partial charge in [0.25, 0.3) is 5.56 Å². The Kier molecular flexibility index (Phi) is 10.6. The van der Waals surface area contributed by atoms with Crippen molar-refractivity contribution >= 4 is 43.7 Å². The van der Waals surface area contributed by atoms with E-state index in [1.54, 1.807) is 26.0 Å². The molecule has 24 nitrogen and oxygen atoms in total. The number of aliphatic hydroxyl groups is 5. The number of aromatic nitrogens is 8. The molecule has 0 saturated carbocycles. The third-order valence-electron chi connectivity index (χ3n) is 8.40. The zero-order valence-electron chi connectivity index (χ0n) is 27.5. The van der Waals surface area contributed by atoms with Crippen molar-refractivity contribution in [2.24, 2.45) is 0 Å². The van der Waals surface area contributed by atoms with E-state index in [0.29, 0.717) is 5.52 Å². The van der Waals surface area contributed by atoms with E-state index in [1.807, 2.05) is 4.98 Å². The number of aryl methyl sites for hydroxylation is 2. The molecule has 1 saturated heterocycles. The van der Waals surface area contributed by atoms with Crippen LogP contribution in [-0.2, 0) is 33.8 Å². The molecule has 0 amide bonds. The Morgan fingerprint density at radius 2 is 1.68 bits per heavy atom. The second-order valence-corrected chi connectivity index (χ2v) is 15.1. The van der Waals surface area contributed by atoms with Gasteiger partial charge in [-0.25, -0.2) is 33.9 Å². The summed E-state index contributed by atoms with van der Waals surface area (Å²) in [5.74, 6) is -0.212. The van der Waals surface area contributed by atoms with Gasteiger partial charge in [-0.15, -0.1) is 0 Å². The van der Waals surface area contributed by atoms with Crippen molar-refractivity contribution in [1.82, 2.24) is 39.0 Å². The number of nitrogens with two attached hydrogens (primary N) is 1. The summed E-state index contributed by atoms with van der Waals surface area (Å²) in [4.78, 5) is 66.6. The predicted molar refractivity (Wildman–Crippen MR) is 177 cm³/mol. The summed E-state index contributed by atoms with van der Waals surface area (Å²) < 4.78 is 46.6. The number of hydrogen-bond donors (Lipinski definition) is 9. The number of nitrogens with zero attached hydrogens (tertiary/aromatic N) is 7. The fraction of sp³-hybridized carbons (Fsp3) is 0.444. The quantitative estimate of drug-likeness (QED) is 0.0443. The lowest BCUT2D eigenvalue weighted by Crippen LogP contribution is -2.42. The van der Waals surface area contributed by atoms with E-state index in [1.165, 1.54) is 15.5 Å². The van der Waals surface area contributed by atoms with Crippen LogP contribution in [0.3, 0.4) is 0 Å². The molecule has 286 valence electrons. The van der Waals surface area contributed by atoms with E-state index in [0.717, 1.165) is 17.5 Å². The number of benzene rings is 1. The van der Waals surface area contributed by atoms with Crippen molar-refractivity contribution in [3.63, 3.8) is 0 Å². The van der Waals surface area contributed by atoms with E-state index < -0.39 is 89.5 Å². The van der Waals surface area contributed by atoms with E-state index >= 15 is 0 Å². The molecule has 1 fully saturated rings. The first-order chi connectivity index (χ1) is 24.9. The maximum absolute atomic E-state index is 12.5. The van der Waals surface area contributed by atoms with Gasteiger partial charge in [-0.05, 0) is 37.1 Å². The average Bonchev–Trinajstić information content (AvgIpc) is 3.63. The molecule has 3 aromatic rings. The van der Waals surface area contributed by atoms with Gasteiger partial charge in [-0.3, -0.25) is 23.4 Å². The van der Waals surface area contributed by atoms with E-state index in [-0.39, 0.29) is 34.0 Å². The molecule has 3 aliphatic rings. The lowest BCUT2D eigenvalue weighted by molar-refractivity contribution is -0.0794. The van der Waals surface area contributed by atoms with Crippen LogP contribution in [0, 0.1) is 13.8 Å². The summed E-state index contributed by atoms with van der Waals surface area (Å²) in [5, 5.41) is 53.0. The highest BCUT2D eigenvalue weighted by molar-refractivity contribution is 7.61. The van der Waals surface area contributed by atoms with Gasteiger partial charge in [0.2, 0.25) is 0 Å². The number of nitrogens with one attached hydrogen (secondary N) is 1. The normalized spacial score (nSPS) is 23.3. The van der Waals surface area contributed by atoms with Crippen molar-refractivity contribution in [3.05, 3.63) is 56.8 Å². The van der Waals surface area contributed by atoms with Crippen LogP contribution < -0.4 is 17.0 Å². The SMILES string of the molecule is Cc1cc2nc3c(=O)[nH]c(=O)nc-3n(C[C@H](O)[C@H](O)[C@H](O)COP(=O)(O)OP(=O)(O)OC[C@H]3O[C@H](n4cnc5c(N)ncnc54)[C@@H](O)[C@H]3O)c2cc1C. The Labute approximate surface area is 295 Å². The van der Waals surface area contributed by atoms with Crippen molar-refractivity contribution < 1.29 is 62.5 Å². The van der Waals surface area contributed by atoms with Crippen molar-refractivity contribution in [2.45, 2.75) is 63.2 Å². The third-order valence-corrected chi connectivity index (χ3v) is 11.0. The number of aromatic amines is 1. The molecule has 3 aliphatic heterocycles. The van der Waals surface area contributed by atoms with Gasteiger partial charge in [-0.2, -0.15) is 9.29 Å². The van der Waals surface area contributed by atoms with E-state index in [4.69, 9.17) is 15.0 Å². The molecule has 0 spiro atoms. The van der Waals surface area contributed by atoms with Crippen LogP contribution >= 0.6 is 15.6 Å². The minimum absolute atomic E-state index is 0.0293. The van der Waals surface area contributed by atoms with Gasteiger partial charge in [0.15, 0.2) is 29.2 Å². The summed E-state index contributed by atoms with van der Waals surface area (Å²) in [6, 6.07) is 3.29. The minimum Gasteiger partial charge on any atom is -0.388 e. The number of aliphatic hydroxyl groups excluding tert-OH is 5. The Morgan fingerprint density at radius 3 is 2.42 bits per heavy atom. The van der Waals surface area contributed by atoms with Crippen LogP contribution in [0.1, 0.15) is 17.4 Å². The Morgan fingerprint density at radius 1 is 0.981 bits per heavy atom. The second kappa shape index (κ2) is 14.6. The summed E-state index contributed by atoms with van der Waals surface area (Å²) in [6.07, 6.45) is -9.93. The van der Waals surface area contributed by atoms with Crippen LogP contribution in [-0.4, -0.2) is 124 Å². The molecule has 9 atom stereocenters. The first-order valence-electron chi connectivity index (χ1n) is 15.4. The molecule has 0 bridgehead atoms. The lowest BCUT2D eigenvalue weighted by atomic mass is 10.1. The summed E-state index contributed by atoms with van der Waals surface area (Å²) in [5.41, 5.74) is 6.11. The topological polar surface area (TPSA) is 363 Å². The first-order valence-corrected chi connectivity index (χ1v) is 18.4. The van der Waals surface area contributed by atoms with Crippen molar-refractivity contribution in [2.75, 3.05) is 18.9 Å². The highest BCUT2D eigenvalue weighted by atomic mass is 31.3. The Balaban J connectivity index is 1.07. The average molecular weight is 786 g/mol. The fourth-order valence-corrected chi connectivity index (χ4v) is 7.65. The monoisotopic (exact) mass is 785 g/mol. The van der Waals surface area contributed by atoms with E-state index in [9.17, 15) is 54.0 Å².